The molecule has 1 heterocycles. The maximum atomic E-state index is 12.3. The van der Waals surface area contributed by atoms with Gasteiger partial charge in [0.25, 0.3) is 0 Å². The fraction of sp³-hybridized carbons (Fsp3) is 0.188. The summed E-state index contributed by atoms with van der Waals surface area (Å²) in [5.41, 5.74) is 0.892. The van der Waals surface area contributed by atoms with Crippen molar-refractivity contribution in [1.29, 1.82) is 0 Å². The first-order chi connectivity index (χ1) is 10.1. The highest BCUT2D eigenvalue weighted by molar-refractivity contribution is 6.03. The van der Waals surface area contributed by atoms with Gasteiger partial charge in [-0.25, -0.2) is 0 Å². The molecule has 108 valence electrons. The number of aromatic hydroxyl groups is 1. The number of phenols is 1. The minimum Gasteiger partial charge on any atom is -0.504 e. The molecule has 3 rings (SSSR count). The molecular formula is C16H14O5. The summed E-state index contributed by atoms with van der Waals surface area (Å²) in [5.74, 6) is -0.177. The van der Waals surface area contributed by atoms with E-state index in [4.69, 9.17) is 9.47 Å². The summed E-state index contributed by atoms with van der Waals surface area (Å²) in [7, 11) is 1.39. The van der Waals surface area contributed by atoms with Crippen LogP contribution in [0.4, 0.5) is 0 Å². The maximum absolute atomic E-state index is 12.3. The second-order valence-electron chi connectivity index (χ2n) is 4.78. The number of carbonyl (C=O) groups is 1. The zero-order valence-corrected chi connectivity index (χ0v) is 11.3. The second-order valence-corrected chi connectivity index (χ2v) is 4.78. The Morgan fingerprint density at radius 2 is 1.90 bits per heavy atom. The molecule has 5 heteroatoms. The lowest BCUT2D eigenvalue weighted by Gasteiger charge is -2.30. The van der Waals surface area contributed by atoms with Crippen molar-refractivity contribution in [2.24, 2.45) is 0 Å². The van der Waals surface area contributed by atoms with Crippen molar-refractivity contribution in [3.8, 4) is 17.2 Å². The summed E-state index contributed by atoms with van der Waals surface area (Å²) in [4.78, 5) is 12.3. The van der Waals surface area contributed by atoms with Gasteiger partial charge >= 0.3 is 0 Å². The Kier molecular flexibility index (Phi) is 3.27. The molecular weight excluding hydrogens is 272 g/mol. The number of phenolic OH excluding ortho intramolecular Hbond substituents is 1. The number of ether oxygens (including phenoxy) is 2. The first-order valence-corrected chi connectivity index (χ1v) is 6.46. The molecule has 2 N–H and O–H groups in total. The molecule has 1 aliphatic heterocycles. The standard InChI is InChI=1S/C16H14O5/c1-20-13-7-10-12(8-11(13)17)21-16(15(19)14(10)18)9-5-3-2-4-6-9/h2-8,15-17,19H,1H3. The van der Waals surface area contributed by atoms with Gasteiger partial charge in [0.2, 0.25) is 0 Å². The zero-order chi connectivity index (χ0) is 15.0. The molecule has 0 radical (unpaired) electrons. The van der Waals surface area contributed by atoms with Gasteiger partial charge in [-0.1, -0.05) is 30.3 Å². The molecule has 2 unspecified atom stereocenters. The number of Topliss-reactive ketones (excluding diaryl/α,β-unsaturated/α-hetero) is 1. The maximum Gasteiger partial charge on any atom is 0.199 e. The Bertz CT molecular complexity index is 681. The molecule has 0 spiro atoms. The zero-order valence-electron chi connectivity index (χ0n) is 11.3. The fourth-order valence-electron chi connectivity index (χ4n) is 2.39. The molecule has 0 fully saturated rings. The van der Waals surface area contributed by atoms with Crippen molar-refractivity contribution in [2.75, 3.05) is 7.11 Å². The van der Waals surface area contributed by atoms with E-state index in [1.54, 1.807) is 24.3 Å². The van der Waals surface area contributed by atoms with E-state index < -0.39 is 18.0 Å². The average molecular weight is 286 g/mol. The number of fused-ring (bicyclic) bond motifs is 1. The number of methoxy groups -OCH3 is 1. The van der Waals surface area contributed by atoms with Crippen LogP contribution in [-0.4, -0.2) is 29.2 Å². The Morgan fingerprint density at radius 3 is 2.57 bits per heavy atom. The molecule has 2 atom stereocenters. The molecule has 5 nitrogen and oxygen atoms in total. The van der Waals surface area contributed by atoms with Crippen molar-refractivity contribution >= 4 is 5.78 Å². The lowest BCUT2D eigenvalue weighted by atomic mass is 9.93. The minimum atomic E-state index is -1.30. The van der Waals surface area contributed by atoms with Crippen molar-refractivity contribution < 1.29 is 24.5 Å². The molecule has 2 aromatic rings. The van der Waals surface area contributed by atoms with Gasteiger partial charge in [0.05, 0.1) is 12.7 Å². The van der Waals surface area contributed by atoms with Crippen LogP contribution in [0.2, 0.25) is 0 Å². The summed E-state index contributed by atoms with van der Waals surface area (Å²) >= 11 is 0. The number of hydrogen-bond donors (Lipinski definition) is 2. The van der Waals surface area contributed by atoms with Gasteiger partial charge in [-0.15, -0.1) is 0 Å². The quantitative estimate of drug-likeness (QED) is 0.884. The summed E-state index contributed by atoms with van der Waals surface area (Å²) < 4.78 is 10.7. The third kappa shape index (κ3) is 2.21. The van der Waals surface area contributed by atoms with Gasteiger partial charge in [-0.3, -0.25) is 4.79 Å². The van der Waals surface area contributed by atoms with Crippen molar-refractivity contribution in [2.45, 2.75) is 12.2 Å². The second kappa shape index (κ2) is 5.10. The van der Waals surface area contributed by atoms with Crippen molar-refractivity contribution in [1.82, 2.24) is 0 Å². The van der Waals surface area contributed by atoms with Crippen LogP contribution < -0.4 is 9.47 Å². The van der Waals surface area contributed by atoms with E-state index in [0.717, 1.165) is 0 Å². The summed E-state index contributed by atoms with van der Waals surface area (Å²) in [6.45, 7) is 0. The van der Waals surface area contributed by atoms with E-state index in [2.05, 4.69) is 0 Å². The highest BCUT2D eigenvalue weighted by Crippen LogP contribution is 2.41. The largest absolute Gasteiger partial charge is 0.504 e. The number of hydrogen-bond acceptors (Lipinski definition) is 5. The fourth-order valence-corrected chi connectivity index (χ4v) is 2.39. The number of aliphatic hydroxyl groups is 1. The number of benzene rings is 2. The van der Waals surface area contributed by atoms with Gasteiger partial charge < -0.3 is 19.7 Å². The van der Waals surface area contributed by atoms with Crippen molar-refractivity contribution in [3.63, 3.8) is 0 Å². The van der Waals surface area contributed by atoms with Crippen LogP contribution in [0.1, 0.15) is 22.0 Å². The van der Waals surface area contributed by atoms with Gasteiger partial charge in [0, 0.05) is 6.07 Å². The highest BCUT2D eigenvalue weighted by Gasteiger charge is 2.37. The predicted octanol–water partition coefficient (Wildman–Crippen LogP) is 2.08. The minimum absolute atomic E-state index is 0.118. The van der Waals surface area contributed by atoms with Crippen LogP contribution in [0.5, 0.6) is 17.2 Å². The molecule has 0 bridgehead atoms. The van der Waals surface area contributed by atoms with Crippen LogP contribution in [0.25, 0.3) is 0 Å². The van der Waals surface area contributed by atoms with Gasteiger partial charge in [0.1, 0.15) is 5.75 Å². The number of carbonyl (C=O) groups excluding carboxylic acids is 1. The molecule has 0 saturated carbocycles. The lowest BCUT2D eigenvalue weighted by molar-refractivity contribution is 0.0215. The number of aliphatic hydroxyl groups excluding tert-OH is 1. The summed E-state index contributed by atoms with van der Waals surface area (Å²) in [5, 5.41) is 20.0. The van der Waals surface area contributed by atoms with Gasteiger partial charge in [0.15, 0.2) is 29.5 Å². The summed E-state index contributed by atoms with van der Waals surface area (Å²) in [6.07, 6.45) is -2.09. The van der Waals surface area contributed by atoms with Crippen LogP contribution >= 0.6 is 0 Å². The molecule has 2 aromatic carbocycles. The number of rotatable bonds is 2. The van der Waals surface area contributed by atoms with E-state index in [9.17, 15) is 15.0 Å². The molecule has 0 aliphatic carbocycles. The van der Waals surface area contributed by atoms with Crippen LogP contribution in [-0.2, 0) is 0 Å². The van der Waals surface area contributed by atoms with Crippen LogP contribution in [0.15, 0.2) is 42.5 Å². The normalized spacial score (nSPS) is 20.6. The van der Waals surface area contributed by atoms with Crippen LogP contribution in [0.3, 0.4) is 0 Å². The van der Waals surface area contributed by atoms with Gasteiger partial charge in [-0.05, 0) is 11.6 Å². The van der Waals surface area contributed by atoms with E-state index in [1.165, 1.54) is 19.2 Å². The highest BCUT2D eigenvalue weighted by atomic mass is 16.5. The third-order valence-electron chi connectivity index (χ3n) is 3.48. The Balaban J connectivity index is 2.06. The Labute approximate surface area is 121 Å². The molecule has 21 heavy (non-hydrogen) atoms. The SMILES string of the molecule is COc1cc2c(cc1O)OC(c1ccccc1)C(O)C2=O. The van der Waals surface area contributed by atoms with E-state index in [1.807, 2.05) is 6.07 Å². The average Bonchev–Trinajstić information content (AvgIpc) is 2.51. The predicted molar refractivity (Wildman–Crippen MR) is 74.8 cm³/mol. The first-order valence-electron chi connectivity index (χ1n) is 6.46. The Hall–Kier alpha value is -2.53. The van der Waals surface area contributed by atoms with E-state index in [0.29, 0.717) is 5.56 Å². The Morgan fingerprint density at radius 1 is 1.19 bits per heavy atom. The first kappa shape index (κ1) is 13.5. The van der Waals surface area contributed by atoms with Crippen LogP contribution in [0, 0.1) is 0 Å². The lowest BCUT2D eigenvalue weighted by Crippen LogP contribution is -2.36. The molecule has 0 amide bonds. The monoisotopic (exact) mass is 286 g/mol. The third-order valence-corrected chi connectivity index (χ3v) is 3.48. The van der Waals surface area contributed by atoms with Crippen molar-refractivity contribution in [3.05, 3.63) is 53.6 Å². The van der Waals surface area contributed by atoms with E-state index in [-0.39, 0.29) is 22.8 Å². The number of ketones is 1. The molecule has 0 saturated heterocycles. The van der Waals surface area contributed by atoms with E-state index >= 15 is 0 Å². The van der Waals surface area contributed by atoms with Gasteiger partial charge in [-0.2, -0.15) is 0 Å². The molecule has 0 aromatic heterocycles. The molecule has 1 aliphatic rings. The smallest absolute Gasteiger partial charge is 0.199 e. The summed E-state index contributed by atoms with van der Waals surface area (Å²) in [6, 6.07) is 11.7. The topological polar surface area (TPSA) is 76.0 Å².